The number of H-pyrrole nitrogens is 1. The molecule has 0 fully saturated rings. The zero-order valence-corrected chi connectivity index (χ0v) is 16.5. The number of anilines is 1. The summed E-state index contributed by atoms with van der Waals surface area (Å²) < 4.78 is 7.43. The fourth-order valence-electron chi connectivity index (χ4n) is 3.52. The van der Waals surface area contributed by atoms with Crippen LogP contribution in [0.5, 0.6) is 0 Å². The molecule has 0 radical (unpaired) electrons. The van der Waals surface area contributed by atoms with Crippen LogP contribution in [0.3, 0.4) is 0 Å². The Kier molecular flexibility index (Phi) is 4.55. The van der Waals surface area contributed by atoms with Gasteiger partial charge < -0.3 is 19.3 Å². The third kappa shape index (κ3) is 3.11. The van der Waals surface area contributed by atoms with E-state index < -0.39 is 0 Å². The van der Waals surface area contributed by atoms with Crippen LogP contribution in [0.1, 0.15) is 35.7 Å². The lowest BCUT2D eigenvalue weighted by atomic mass is 10.1. The lowest BCUT2D eigenvalue weighted by molar-refractivity contribution is 0.0995. The average molecular weight is 376 g/mol. The molecule has 0 spiro atoms. The summed E-state index contributed by atoms with van der Waals surface area (Å²) in [6.07, 6.45) is 1.50. The maximum Gasteiger partial charge on any atom is 0.292 e. The van der Waals surface area contributed by atoms with Gasteiger partial charge in [-0.1, -0.05) is 26.0 Å². The van der Waals surface area contributed by atoms with E-state index in [0.717, 1.165) is 46.0 Å². The normalized spacial score (nSPS) is 11.5. The van der Waals surface area contributed by atoms with Crippen LogP contribution in [0.15, 0.2) is 47.1 Å². The predicted molar refractivity (Wildman–Crippen MR) is 110 cm³/mol. The summed E-state index contributed by atoms with van der Waals surface area (Å²) in [7, 11) is 0. The van der Waals surface area contributed by atoms with Crippen molar-refractivity contribution in [3.8, 4) is 11.4 Å². The minimum Gasteiger partial charge on any atom is -0.459 e. The van der Waals surface area contributed by atoms with Gasteiger partial charge >= 0.3 is 0 Å². The summed E-state index contributed by atoms with van der Waals surface area (Å²) in [5.74, 6) is 1.92. The molecule has 0 saturated heterocycles. The van der Waals surface area contributed by atoms with Gasteiger partial charge in [-0.15, -0.1) is 0 Å². The number of carbonyl (C=O) groups is 1. The van der Waals surface area contributed by atoms with Gasteiger partial charge in [0.15, 0.2) is 5.76 Å². The molecule has 0 aliphatic carbocycles. The van der Waals surface area contributed by atoms with Crippen LogP contribution in [0.4, 0.5) is 5.82 Å². The highest BCUT2D eigenvalue weighted by Gasteiger charge is 2.24. The van der Waals surface area contributed by atoms with Gasteiger partial charge in [-0.2, -0.15) is 0 Å². The second-order valence-corrected chi connectivity index (χ2v) is 7.47. The molecule has 1 aromatic carbocycles. The van der Waals surface area contributed by atoms with Crippen LogP contribution in [-0.2, 0) is 6.54 Å². The van der Waals surface area contributed by atoms with Gasteiger partial charge in [0.2, 0.25) is 0 Å². The summed E-state index contributed by atoms with van der Waals surface area (Å²) in [5.41, 5.74) is 4.98. The molecule has 144 valence electrons. The number of benzene rings is 1. The Morgan fingerprint density at radius 2 is 2.00 bits per heavy atom. The smallest absolute Gasteiger partial charge is 0.292 e. The number of para-hydroxylation sites is 2. The molecule has 0 saturated carbocycles. The zero-order chi connectivity index (χ0) is 19.8. The van der Waals surface area contributed by atoms with Crippen molar-refractivity contribution < 1.29 is 9.21 Å². The highest BCUT2D eigenvalue weighted by Crippen LogP contribution is 2.36. The monoisotopic (exact) mass is 376 g/mol. The Labute approximate surface area is 163 Å². The second-order valence-electron chi connectivity index (χ2n) is 7.47. The number of fused-ring (bicyclic) bond motifs is 1. The molecule has 0 atom stereocenters. The van der Waals surface area contributed by atoms with Crippen LogP contribution < -0.4 is 5.32 Å². The number of hydrogen-bond acceptors (Lipinski definition) is 3. The fourth-order valence-corrected chi connectivity index (χ4v) is 3.52. The Morgan fingerprint density at radius 1 is 1.21 bits per heavy atom. The molecular formula is C22H24N4O2. The molecule has 6 nitrogen and oxygen atoms in total. The largest absolute Gasteiger partial charge is 0.459 e. The molecule has 28 heavy (non-hydrogen) atoms. The van der Waals surface area contributed by atoms with Crippen molar-refractivity contribution in [1.29, 1.82) is 0 Å². The van der Waals surface area contributed by atoms with Crippen molar-refractivity contribution >= 4 is 22.8 Å². The van der Waals surface area contributed by atoms with Crippen LogP contribution in [-0.4, -0.2) is 20.4 Å². The molecule has 0 aliphatic heterocycles. The van der Waals surface area contributed by atoms with Gasteiger partial charge in [-0.05, 0) is 49.6 Å². The minimum atomic E-state index is -0.273. The number of amides is 1. The predicted octanol–water partition coefficient (Wildman–Crippen LogP) is 5.15. The summed E-state index contributed by atoms with van der Waals surface area (Å²) in [5, 5.41) is 3.06. The average Bonchev–Trinajstić information content (AvgIpc) is 3.37. The number of carbonyl (C=O) groups excluding carboxylic acids is 1. The van der Waals surface area contributed by atoms with E-state index in [0.29, 0.717) is 5.92 Å². The van der Waals surface area contributed by atoms with Crippen molar-refractivity contribution in [2.45, 2.75) is 34.2 Å². The number of furan rings is 1. The van der Waals surface area contributed by atoms with E-state index in [1.165, 1.54) is 6.26 Å². The van der Waals surface area contributed by atoms with E-state index in [2.05, 4.69) is 42.6 Å². The van der Waals surface area contributed by atoms with Gasteiger partial charge in [-0.3, -0.25) is 4.79 Å². The SMILES string of the molecule is Cc1c(-c2nc3ccccc3[nH]2)c(NC(=O)c2ccco2)n(CC(C)C)c1C. The molecule has 3 heterocycles. The lowest BCUT2D eigenvalue weighted by Crippen LogP contribution is -2.17. The van der Waals surface area contributed by atoms with Crippen LogP contribution in [0, 0.1) is 19.8 Å². The summed E-state index contributed by atoms with van der Waals surface area (Å²) in [6.45, 7) is 9.26. The van der Waals surface area contributed by atoms with Crippen molar-refractivity contribution in [2.75, 3.05) is 5.32 Å². The number of aromatic amines is 1. The van der Waals surface area contributed by atoms with E-state index in [9.17, 15) is 4.79 Å². The summed E-state index contributed by atoms with van der Waals surface area (Å²) in [6, 6.07) is 11.3. The standard InChI is InChI=1S/C22H24N4O2/c1-13(2)12-26-15(4)14(3)19(20-23-16-8-5-6-9-17(16)24-20)21(26)25-22(27)18-10-7-11-28-18/h5-11,13H,12H2,1-4H3,(H,23,24)(H,25,27). The second kappa shape index (κ2) is 7.03. The molecule has 3 aromatic heterocycles. The number of rotatable bonds is 5. The van der Waals surface area contributed by atoms with E-state index in [1.54, 1.807) is 12.1 Å². The summed E-state index contributed by atoms with van der Waals surface area (Å²) in [4.78, 5) is 20.9. The number of nitrogens with one attached hydrogen (secondary N) is 2. The molecular weight excluding hydrogens is 352 g/mol. The maximum absolute atomic E-state index is 12.7. The molecule has 1 amide bonds. The Balaban J connectivity index is 1.87. The van der Waals surface area contributed by atoms with E-state index in [1.807, 2.05) is 24.3 Å². The Bertz CT molecular complexity index is 1100. The minimum absolute atomic E-state index is 0.273. The van der Waals surface area contributed by atoms with Gasteiger partial charge in [0, 0.05) is 12.2 Å². The van der Waals surface area contributed by atoms with Crippen molar-refractivity contribution in [3.63, 3.8) is 0 Å². The number of imidazole rings is 1. The van der Waals surface area contributed by atoms with Gasteiger partial charge in [0.25, 0.3) is 5.91 Å². The van der Waals surface area contributed by atoms with E-state index in [4.69, 9.17) is 9.40 Å². The number of nitrogens with zero attached hydrogens (tertiary/aromatic N) is 2. The molecule has 2 N–H and O–H groups in total. The Morgan fingerprint density at radius 3 is 2.68 bits per heavy atom. The van der Waals surface area contributed by atoms with E-state index >= 15 is 0 Å². The van der Waals surface area contributed by atoms with Crippen LogP contribution in [0.2, 0.25) is 0 Å². The fraction of sp³-hybridized carbons (Fsp3) is 0.273. The molecule has 4 aromatic rings. The first-order chi connectivity index (χ1) is 13.5. The molecule has 0 aliphatic rings. The third-order valence-corrected chi connectivity index (χ3v) is 4.98. The van der Waals surface area contributed by atoms with Crippen molar-refractivity contribution in [2.24, 2.45) is 5.92 Å². The van der Waals surface area contributed by atoms with Crippen LogP contribution >= 0.6 is 0 Å². The van der Waals surface area contributed by atoms with Gasteiger partial charge in [0.05, 0.1) is 22.9 Å². The van der Waals surface area contributed by atoms with E-state index in [-0.39, 0.29) is 11.7 Å². The Hall–Kier alpha value is -3.28. The molecule has 4 rings (SSSR count). The third-order valence-electron chi connectivity index (χ3n) is 4.98. The summed E-state index contributed by atoms with van der Waals surface area (Å²) >= 11 is 0. The van der Waals surface area contributed by atoms with Gasteiger partial charge in [-0.25, -0.2) is 4.98 Å². The highest BCUT2D eigenvalue weighted by molar-refractivity contribution is 6.04. The molecule has 0 unspecified atom stereocenters. The molecule has 6 heteroatoms. The van der Waals surface area contributed by atoms with Gasteiger partial charge in [0.1, 0.15) is 11.6 Å². The number of aromatic nitrogens is 3. The first-order valence-corrected chi connectivity index (χ1v) is 9.45. The first-order valence-electron chi connectivity index (χ1n) is 9.45. The highest BCUT2D eigenvalue weighted by atomic mass is 16.3. The topological polar surface area (TPSA) is 75.8 Å². The quantitative estimate of drug-likeness (QED) is 0.506. The first kappa shape index (κ1) is 18.1. The molecule has 0 bridgehead atoms. The van der Waals surface area contributed by atoms with Crippen LogP contribution in [0.25, 0.3) is 22.4 Å². The number of hydrogen-bond donors (Lipinski definition) is 2. The van der Waals surface area contributed by atoms with Crippen molar-refractivity contribution in [3.05, 3.63) is 59.7 Å². The van der Waals surface area contributed by atoms with Crippen molar-refractivity contribution in [1.82, 2.24) is 14.5 Å². The maximum atomic E-state index is 12.7. The zero-order valence-electron chi connectivity index (χ0n) is 16.5. The lowest BCUT2D eigenvalue weighted by Gasteiger charge is -2.15.